The summed E-state index contributed by atoms with van der Waals surface area (Å²) in [6.45, 7) is 1.88. The highest BCUT2D eigenvalue weighted by Gasteiger charge is 2.04. The number of ether oxygens (including phenoxy) is 3. The normalized spacial score (nSPS) is 10.5. The van der Waals surface area contributed by atoms with Gasteiger partial charge in [0.2, 0.25) is 0 Å². The van der Waals surface area contributed by atoms with Crippen LogP contribution in [0.4, 0.5) is 0 Å². The predicted molar refractivity (Wildman–Crippen MR) is 92.0 cm³/mol. The van der Waals surface area contributed by atoms with Crippen molar-refractivity contribution in [1.29, 1.82) is 0 Å². The Labute approximate surface area is 141 Å². The molecular weight excluding hydrogens is 308 g/mol. The van der Waals surface area contributed by atoms with E-state index in [0.717, 1.165) is 11.1 Å². The monoisotopic (exact) mass is 328 g/mol. The van der Waals surface area contributed by atoms with Gasteiger partial charge < -0.3 is 14.2 Å². The average molecular weight is 328 g/mol. The van der Waals surface area contributed by atoms with Gasteiger partial charge in [0, 0.05) is 0 Å². The van der Waals surface area contributed by atoms with Gasteiger partial charge in [0.15, 0.2) is 18.1 Å². The number of carbonyl (C=O) groups excluding carboxylic acids is 1. The van der Waals surface area contributed by atoms with Gasteiger partial charge in [0.25, 0.3) is 5.91 Å². The Morgan fingerprint density at radius 2 is 1.79 bits per heavy atom. The fraction of sp³-hybridized carbons (Fsp3) is 0.222. The van der Waals surface area contributed by atoms with Crippen LogP contribution in [0, 0.1) is 6.92 Å². The molecular formula is C18H20N2O4. The highest BCUT2D eigenvalue weighted by molar-refractivity contribution is 5.83. The summed E-state index contributed by atoms with van der Waals surface area (Å²) in [5.41, 5.74) is 4.31. The summed E-state index contributed by atoms with van der Waals surface area (Å²) in [4.78, 5) is 11.7. The molecule has 24 heavy (non-hydrogen) atoms. The number of hydrogen-bond donors (Lipinski definition) is 1. The molecule has 0 aliphatic rings. The van der Waals surface area contributed by atoms with Crippen molar-refractivity contribution in [2.24, 2.45) is 5.10 Å². The predicted octanol–water partition coefficient (Wildman–Crippen LogP) is 2.54. The van der Waals surface area contributed by atoms with E-state index in [4.69, 9.17) is 14.2 Å². The summed E-state index contributed by atoms with van der Waals surface area (Å²) < 4.78 is 15.7. The lowest BCUT2D eigenvalue weighted by Gasteiger charge is -2.07. The maximum atomic E-state index is 11.7. The molecule has 0 saturated heterocycles. The summed E-state index contributed by atoms with van der Waals surface area (Å²) in [7, 11) is 3.13. The molecule has 2 aromatic rings. The third-order valence-electron chi connectivity index (χ3n) is 3.20. The minimum absolute atomic E-state index is 0.105. The molecule has 0 aliphatic heterocycles. The van der Waals surface area contributed by atoms with Gasteiger partial charge in [-0.1, -0.05) is 17.7 Å². The quantitative estimate of drug-likeness (QED) is 0.626. The summed E-state index contributed by atoms with van der Waals surface area (Å²) in [6.07, 6.45) is 1.52. The first-order chi connectivity index (χ1) is 11.6. The fourth-order valence-electron chi connectivity index (χ4n) is 1.93. The van der Waals surface area contributed by atoms with Crippen molar-refractivity contribution in [2.75, 3.05) is 20.8 Å². The van der Waals surface area contributed by atoms with Crippen molar-refractivity contribution >= 4 is 12.1 Å². The van der Waals surface area contributed by atoms with Crippen molar-refractivity contribution < 1.29 is 19.0 Å². The number of nitrogens with one attached hydrogen (secondary N) is 1. The summed E-state index contributed by atoms with van der Waals surface area (Å²) in [6, 6.07) is 12.8. The Morgan fingerprint density at radius 1 is 1.08 bits per heavy atom. The van der Waals surface area contributed by atoms with Crippen molar-refractivity contribution in [3.63, 3.8) is 0 Å². The Bertz CT molecular complexity index is 711. The van der Waals surface area contributed by atoms with Crippen LogP contribution in [-0.4, -0.2) is 32.9 Å². The number of benzene rings is 2. The second kappa shape index (κ2) is 8.57. The van der Waals surface area contributed by atoms with E-state index >= 15 is 0 Å². The van der Waals surface area contributed by atoms with Gasteiger partial charge in [-0.3, -0.25) is 4.79 Å². The highest BCUT2D eigenvalue weighted by atomic mass is 16.5. The molecule has 1 N–H and O–H groups in total. The Hall–Kier alpha value is -3.02. The van der Waals surface area contributed by atoms with Crippen LogP contribution in [0.2, 0.25) is 0 Å². The van der Waals surface area contributed by atoms with Crippen LogP contribution in [0.3, 0.4) is 0 Å². The molecule has 0 atom stereocenters. The molecule has 0 spiro atoms. The van der Waals surface area contributed by atoms with E-state index < -0.39 is 0 Å². The van der Waals surface area contributed by atoms with Crippen molar-refractivity contribution in [3.8, 4) is 17.2 Å². The molecule has 1 amide bonds. The minimum Gasteiger partial charge on any atom is -0.493 e. The number of methoxy groups -OCH3 is 2. The largest absolute Gasteiger partial charge is 0.493 e. The van der Waals surface area contributed by atoms with E-state index in [2.05, 4.69) is 10.5 Å². The third kappa shape index (κ3) is 5.01. The van der Waals surface area contributed by atoms with Crippen LogP contribution in [0.15, 0.2) is 47.6 Å². The van der Waals surface area contributed by atoms with Crippen molar-refractivity contribution in [2.45, 2.75) is 6.92 Å². The molecule has 0 heterocycles. The number of hydrazone groups is 1. The number of hydrogen-bond acceptors (Lipinski definition) is 5. The van der Waals surface area contributed by atoms with E-state index in [1.54, 1.807) is 32.4 Å². The van der Waals surface area contributed by atoms with E-state index in [1.807, 2.05) is 31.2 Å². The zero-order valence-electron chi connectivity index (χ0n) is 13.9. The summed E-state index contributed by atoms with van der Waals surface area (Å²) in [5.74, 6) is 1.52. The number of rotatable bonds is 7. The summed E-state index contributed by atoms with van der Waals surface area (Å²) >= 11 is 0. The first kappa shape index (κ1) is 17.3. The second-order valence-corrected chi connectivity index (χ2v) is 5.01. The van der Waals surface area contributed by atoms with Gasteiger partial charge in [-0.15, -0.1) is 0 Å². The molecule has 6 heteroatoms. The smallest absolute Gasteiger partial charge is 0.277 e. The van der Waals surface area contributed by atoms with Crippen LogP contribution in [0.1, 0.15) is 11.1 Å². The van der Waals surface area contributed by atoms with Crippen LogP contribution in [0.25, 0.3) is 0 Å². The number of nitrogens with zero attached hydrogens (tertiary/aromatic N) is 1. The lowest BCUT2D eigenvalue weighted by atomic mass is 10.2. The van der Waals surface area contributed by atoms with Gasteiger partial charge in [0.1, 0.15) is 5.75 Å². The van der Waals surface area contributed by atoms with E-state index in [-0.39, 0.29) is 12.5 Å². The second-order valence-electron chi connectivity index (χ2n) is 5.01. The van der Waals surface area contributed by atoms with E-state index in [9.17, 15) is 4.79 Å². The Morgan fingerprint density at radius 3 is 2.46 bits per heavy atom. The van der Waals surface area contributed by atoms with E-state index in [1.165, 1.54) is 6.21 Å². The van der Waals surface area contributed by atoms with Gasteiger partial charge in [-0.2, -0.15) is 5.10 Å². The topological polar surface area (TPSA) is 69.2 Å². The fourth-order valence-corrected chi connectivity index (χ4v) is 1.93. The molecule has 0 aliphatic carbocycles. The average Bonchev–Trinajstić information content (AvgIpc) is 2.61. The lowest BCUT2D eigenvalue weighted by Crippen LogP contribution is -2.24. The molecule has 6 nitrogen and oxygen atoms in total. The zero-order valence-corrected chi connectivity index (χ0v) is 13.9. The van der Waals surface area contributed by atoms with Crippen LogP contribution in [0.5, 0.6) is 17.2 Å². The molecule has 2 rings (SSSR count). The van der Waals surface area contributed by atoms with Gasteiger partial charge in [-0.05, 0) is 42.8 Å². The van der Waals surface area contributed by atoms with Crippen LogP contribution in [-0.2, 0) is 4.79 Å². The molecule has 0 radical (unpaired) electrons. The number of carbonyl (C=O) groups is 1. The molecule has 126 valence electrons. The summed E-state index contributed by atoms with van der Waals surface area (Å²) in [5, 5.41) is 3.90. The molecule has 0 aromatic heterocycles. The number of aryl methyl sites for hydroxylation is 1. The van der Waals surface area contributed by atoms with Crippen molar-refractivity contribution in [3.05, 3.63) is 53.6 Å². The van der Waals surface area contributed by atoms with Gasteiger partial charge in [0.05, 0.1) is 20.4 Å². The van der Waals surface area contributed by atoms with E-state index in [0.29, 0.717) is 17.2 Å². The Balaban J connectivity index is 1.84. The maximum Gasteiger partial charge on any atom is 0.277 e. The van der Waals surface area contributed by atoms with Crippen molar-refractivity contribution in [1.82, 2.24) is 5.43 Å². The molecule has 0 saturated carbocycles. The van der Waals surface area contributed by atoms with Crippen LogP contribution < -0.4 is 19.6 Å². The third-order valence-corrected chi connectivity index (χ3v) is 3.20. The SMILES string of the molecule is COc1ccc(C=NNC(=O)COc2ccc(C)cc2)cc1OC. The highest BCUT2D eigenvalue weighted by Crippen LogP contribution is 2.26. The zero-order chi connectivity index (χ0) is 17.4. The minimum atomic E-state index is -0.340. The van der Waals surface area contributed by atoms with Gasteiger partial charge in [-0.25, -0.2) is 5.43 Å². The molecule has 2 aromatic carbocycles. The van der Waals surface area contributed by atoms with Gasteiger partial charge >= 0.3 is 0 Å². The molecule has 0 bridgehead atoms. The first-order valence-corrected chi connectivity index (χ1v) is 7.36. The Kier molecular flexibility index (Phi) is 6.19. The first-order valence-electron chi connectivity index (χ1n) is 7.36. The maximum absolute atomic E-state index is 11.7. The molecule has 0 fully saturated rings. The van der Waals surface area contributed by atoms with Crippen LogP contribution >= 0.6 is 0 Å². The molecule has 0 unspecified atom stereocenters. The lowest BCUT2D eigenvalue weighted by molar-refractivity contribution is -0.123. The number of amides is 1. The standard InChI is InChI=1S/C18H20N2O4/c1-13-4-7-15(8-5-13)24-12-18(21)20-19-11-14-6-9-16(22-2)17(10-14)23-3/h4-11H,12H2,1-3H3,(H,20,21).